The van der Waals surface area contributed by atoms with E-state index in [0.717, 1.165) is 0 Å². The molecule has 7 heteroatoms. The summed E-state index contributed by atoms with van der Waals surface area (Å²) in [7, 11) is 0. The third-order valence-electron chi connectivity index (χ3n) is 2.54. The Morgan fingerprint density at radius 1 is 1.39 bits per heavy atom. The van der Waals surface area contributed by atoms with Crippen molar-refractivity contribution in [3.8, 4) is 0 Å². The molecule has 1 aromatic rings. The number of nitrogens with one attached hydrogen (secondary N) is 1. The SMILES string of the molecule is CCNC(Cc1ncnn1C(C)C)CC(F)(F)F. The smallest absolute Gasteiger partial charge is 0.313 e. The highest BCUT2D eigenvalue weighted by molar-refractivity contribution is 4.92. The molecule has 0 spiro atoms. The van der Waals surface area contributed by atoms with Gasteiger partial charge in [-0.05, 0) is 20.4 Å². The van der Waals surface area contributed by atoms with E-state index in [0.29, 0.717) is 12.4 Å². The molecule has 0 fully saturated rings. The van der Waals surface area contributed by atoms with Crippen LogP contribution in [0.2, 0.25) is 0 Å². The predicted molar refractivity (Wildman–Crippen MR) is 62.2 cm³/mol. The summed E-state index contributed by atoms with van der Waals surface area (Å²) in [5.74, 6) is 0.584. The molecule has 1 unspecified atom stereocenters. The van der Waals surface area contributed by atoms with Crippen molar-refractivity contribution in [2.24, 2.45) is 0 Å². The number of aromatic nitrogens is 3. The zero-order chi connectivity index (χ0) is 13.8. The molecule has 1 atom stereocenters. The number of hydrogen-bond donors (Lipinski definition) is 1. The molecule has 0 bridgehead atoms. The zero-order valence-corrected chi connectivity index (χ0v) is 10.8. The van der Waals surface area contributed by atoms with Crippen molar-refractivity contribution in [3.05, 3.63) is 12.2 Å². The van der Waals surface area contributed by atoms with Gasteiger partial charge >= 0.3 is 6.18 Å². The van der Waals surface area contributed by atoms with Gasteiger partial charge in [-0.3, -0.25) is 0 Å². The van der Waals surface area contributed by atoms with Gasteiger partial charge < -0.3 is 5.32 Å². The Morgan fingerprint density at radius 2 is 2.06 bits per heavy atom. The van der Waals surface area contributed by atoms with E-state index in [2.05, 4.69) is 15.4 Å². The molecule has 4 nitrogen and oxygen atoms in total. The molecule has 1 heterocycles. The highest BCUT2D eigenvalue weighted by atomic mass is 19.4. The Morgan fingerprint density at radius 3 is 2.56 bits per heavy atom. The summed E-state index contributed by atoms with van der Waals surface area (Å²) in [6, 6.07) is -0.563. The summed E-state index contributed by atoms with van der Waals surface area (Å²) < 4.78 is 39.0. The Bertz CT molecular complexity index is 359. The lowest BCUT2D eigenvalue weighted by molar-refractivity contribution is -0.140. The number of halogens is 3. The van der Waals surface area contributed by atoms with Crippen LogP contribution >= 0.6 is 0 Å². The van der Waals surface area contributed by atoms with Crippen LogP contribution < -0.4 is 5.32 Å². The number of hydrogen-bond acceptors (Lipinski definition) is 3. The van der Waals surface area contributed by atoms with Gasteiger partial charge in [-0.25, -0.2) is 9.67 Å². The van der Waals surface area contributed by atoms with Gasteiger partial charge in [-0.2, -0.15) is 18.3 Å². The average Bonchev–Trinajstić information content (AvgIpc) is 2.63. The largest absolute Gasteiger partial charge is 0.390 e. The van der Waals surface area contributed by atoms with Crippen LogP contribution in [0.15, 0.2) is 6.33 Å². The van der Waals surface area contributed by atoms with E-state index in [1.165, 1.54) is 6.33 Å². The van der Waals surface area contributed by atoms with Gasteiger partial charge in [0.15, 0.2) is 0 Å². The summed E-state index contributed by atoms with van der Waals surface area (Å²) in [4.78, 5) is 4.03. The van der Waals surface area contributed by atoms with Crippen molar-refractivity contribution in [2.45, 2.75) is 51.9 Å². The highest BCUT2D eigenvalue weighted by Gasteiger charge is 2.32. The van der Waals surface area contributed by atoms with Crippen LogP contribution in [0.25, 0.3) is 0 Å². The molecule has 0 aliphatic carbocycles. The van der Waals surface area contributed by atoms with Gasteiger partial charge in [-0.15, -0.1) is 0 Å². The lowest BCUT2D eigenvalue weighted by Gasteiger charge is -2.20. The van der Waals surface area contributed by atoms with Crippen LogP contribution in [0.1, 0.15) is 39.1 Å². The van der Waals surface area contributed by atoms with Crippen LogP contribution in [0.4, 0.5) is 13.2 Å². The molecule has 0 aromatic carbocycles. The minimum absolute atomic E-state index is 0.0932. The highest BCUT2D eigenvalue weighted by Crippen LogP contribution is 2.23. The third-order valence-corrected chi connectivity index (χ3v) is 2.54. The molecular weight excluding hydrogens is 245 g/mol. The summed E-state index contributed by atoms with van der Waals surface area (Å²) in [6.07, 6.45) is -3.42. The van der Waals surface area contributed by atoms with E-state index in [-0.39, 0.29) is 12.5 Å². The van der Waals surface area contributed by atoms with Gasteiger partial charge in [0.1, 0.15) is 12.2 Å². The zero-order valence-electron chi connectivity index (χ0n) is 10.8. The number of nitrogens with zero attached hydrogens (tertiary/aromatic N) is 3. The van der Waals surface area contributed by atoms with Crippen molar-refractivity contribution in [3.63, 3.8) is 0 Å². The first-order valence-corrected chi connectivity index (χ1v) is 6.02. The van der Waals surface area contributed by atoms with Crippen molar-refractivity contribution >= 4 is 0 Å². The molecular formula is C11H19F3N4. The maximum atomic E-state index is 12.4. The molecule has 0 aliphatic rings. The number of likely N-dealkylation sites (N-methyl/N-ethyl adjacent to an activating group) is 1. The Kier molecular flexibility index (Phi) is 5.13. The topological polar surface area (TPSA) is 42.7 Å². The van der Waals surface area contributed by atoms with Crippen LogP contribution in [0, 0.1) is 0 Å². The van der Waals surface area contributed by atoms with Crippen LogP contribution in [0.3, 0.4) is 0 Å². The standard InChI is InChI=1S/C11H19F3N4/c1-4-15-9(6-11(12,13)14)5-10-16-7-17-18(10)8(2)3/h7-9,15H,4-6H2,1-3H3. The predicted octanol–water partition coefficient (Wildman–Crippen LogP) is 2.33. The Labute approximate surface area is 105 Å². The molecule has 0 amide bonds. The van der Waals surface area contributed by atoms with Gasteiger partial charge in [0, 0.05) is 18.5 Å². The quantitative estimate of drug-likeness (QED) is 0.857. The van der Waals surface area contributed by atoms with E-state index in [4.69, 9.17) is 0 Å². The summed E-state index contributed by atoms with van der Waals surface area (Å²) in [5.41, 5.74) is 0. The molecule has 0 aliphatic heterocycles. The fraction of sp³-hybridized carbons (Fsp3) is 0.818. The van der Waals surface area contributed by atoms with Crippen molar-refractivity contribution in [2.75, 3.05) is 6.54 Å². The first kappa shape index (κ1) is 14.9. The molecule has 1 N–H and O–H groups in total. The summed E-state index contributed by atoms with van der Waals surface area (Å²) >= 11 is 0. The van der Waals surface area contributed by atoms with Gasteiger partial charge in [0.25, 0.3) is 0 Å². The number of rotatable bonds is 6. The fourth-order valence-corrected chi connectivity index (χ4v) is 1.86. The minimum Gasteiger partial charge on any atom is -0.313 e. The molecule has 104 valence electrons. The second-order valence-corrected chi connectivity index (χ2v) is 4.49. The van der Waals surface area contributed by atoms with E-state index >= 15 is 0 Å². The Hall–Kier alpha value is -1.11. The molecule has 0 radical (unpaired) electrons. The maximum Gasteiger partial charge on any atom is 0.390 e. The van der Waals surface area contributed by atoms with E-state index in [1.54, 1.807) is 11.6 Å². The van der Waals surface area contributed by atoms with Crippen LogP contribution in [0.5, 0.6) is 0 Å². The van der Waals surface area contributed by atoms with Crippen LogP contribution in [-0.4, -0.2) is 33.5 Å². The average molecular weight is 264 g/mol. The molecule has 18 heavy (non-hydrogen) atoms. The van der Waals surface area contributed by atoms with Crippen molar-refractivity contribution < 1.29 is 13.2 Å². The lowest BCUT2D eigenvalue weighted by Crippen LogP contribution is -2.36. The van der Waals surface area contributed by atoms with Gasteiger partial charge in [-0.1, -0.05) is 6.92 Å². The molecule has 1 aromatic heterocycles. The first-order valence-electron chi connectivity index (χ1n) is 6.02. The third kappa shape index (κ3) is 4.64. The van der Waals surface area contributed by atoms with E-state index in [9.17, 15) is 13.2 Å². The molecule has 0 saturated heterocycles. The van der Waals surface area contributed by atoms with Gasteiger partial charge in [0.2, 0.25) is 0 Å². The maximum absolute atomic E-state index is 12.4. The normalized spacial score (nSPS) is 14.2. The number of alkyl halides is 3. The minimum atomic E-state index is -4.17. The summed E-state index contributed by atoms with van der Waals surface area (Å²) in [6.45, 7) is 6.13. The Balaban J connectivity index is 2.73. The van der Waals surface area contributed by atoms with E-state index in [1.807, 2.05) is 13.8 Å². The monoisotopic (exact) mass is 264 g/mol. The second-order valence-electron chi connectivity index (χ2n) is 4.49. The molecule has 0 saturated carbocycles. The molecule has 1 rings (SSSR count). The van der Waals surface area contributed by atoms with Crippen LogP contribution in [-0.2, 0) is 6.42 Å². The lowest BCUT2D eigenvalue weighted by atomic mass is 10.1. The summed E-state index contributed by atoms with van der Waals surface area (Å²) in [5, 5.41) is 6.86. The van der Waals surface area contributed by atoms with Crippen molar-refractivity contribution in [1.82, 2.24) is 20.1 Å². The second kappa shape index (κ2) is 6.17. The fourth-order valence-electron chi connectivity index (χ4n) is 1.86. The van der Waals surface area contributed by atoms with E-state index < -0.39 is 18.6 Å². The first-order chi connectivity index (χ1) is 8.33. The van der Waals surface area contributed by atoms with Crippen molar-refractivity contribution in [1.29, 1.82) is 0 Å². The van der Waals surface area contributed by atoms with Gasteiger partial charge in [0.05, 0.1) is 6.42 Å².